The summed E-state index contributed by atoms with van der Waals surface area (Å²) < 4.78 is 1.27. The molecule has 1 heterocycles. The Balaban J connectivity index is 2.85. The van der Waals surface area contributed by atoms with Crippen LogP contribution in [0.2, 0.25) is 0 Å². The number of rotatable bonds is 7. The number of hydrogen-bond donors (Lipinski definition) is 0. The lowest BCUT2D eigenvalue weighted by Crippen LogP contribution is -2.41. The maximum atomic E-state index is 12.3. The van der Waals surface area contributed by atoms with Crippen molar-refractivity contribution in [3.8, 4) is 0 Å². The maximum absolute atomic E-state index is 12.3. The molecular formula is C15H24N4O3. The van der Waals surface area contributed by atoms with Crippen molar-refractivity contribution in [3.63, 3.8) is 0 Å². The average Bonchev–Trinajstić information content (AvgIpc) is 2.50. The minimum atomic E-state index is -0.370. The van der Waals surface area contributed by atoms with Gasteiger partial charge in [0.05, 0.1) is 6.54 Å². The van der Waals surface area contributed by atoms with Crippen LogP contribution in [0.1, 0.15) is 37.7 Å². The van der Waals surface area contributed by atoms with Crippen molar-refractivity contribution in [2.24, 2.45) is 0 Å². The number of aryl methyl sites for hydroxylation is 1. The Morgan fingerprint density at radius 2 is 1.82 bits per heavy atom. The molecule has 1 aromatic heterocycles. The summed E-state index contributed by atoms with van der Waals surface area (Å²) in [6, 6.07) is 2.73. The van der Waals surface area contributed by atoms with E-state index >= 15 is 0 Å². The van der Waals surface area contributed by atoms with Crippen molar-refractivity contribution < 1.29 is 9.59 Å². The van der Waals surface area contributed by atoms with E-state index in [0.29, 0.717) is 19.6 Å². The molecule has 0 fully saturated rings. The van der Waals surface area contributed by atoms with E-state index in [4.69, 9.17) is 0 Å². The van der Waals surface area contributed by atoms with Gasteiger partial charge in [-0.1, -0.05) is 6.92 Å². The Labute approximate surface area is 130 Å². The van der Waals surface area contributed by atoms with Crippen LogP contribution in [0.3, 0.4) is 0 Å². The zero-order valence-electron chi connectivity index (χ0n) is 13.7. The third-order valence-corrected chi connectivity index (χ3v) is 3.36. The van der Waals surface area contributed by atoms with Crippen LogP contribution in [0.4, 0.5) is 0 Å². The van der Waals surface area contributed by atoms with Gasteiger partial charge in [0.25, 0.3) is 11.5 Å². The Morgan fingerprint density at radius 3 is 2.36 bits per heavy atom. The molecule has 0 saturated heterocycles. The van der Waals surface area contributed by atoms with Gasteiger partial charge in [-0.05, 0) is 26.3 Å². The minimum Gasteiger partial charge on any atom is -0.342 e. The highest BCUT2D eigenvalue weighted by Crippen LogP contribution is 2.00. The number of aromatic nitrogens is 2. The molecule has 0 N–H and O–H groups in total. The third-order valence-electron chi connectivity index (χ3n) is 3.36. The molecule has 0 aliphatic rings. The highest BCUT2D eigenvalue weighted by atomic mass is 16.2. The zero-order valence-corrected chi connectivity index (χ0v) is 13.7. The van der Waals surface area contributed by atoms with Gasteiger partial charge in [0, 0.05) is 32.7 Å². The summed E-state index contributed by atoms with van der Waals surface area (Å²) in [4.78, 5) is 39.0. The van der Waals surface area contributed by atoms with Crippen molar-refractivity contribution in [1.82, 2.24) is 19.6 Å². The summed E-state index contributed by atoms with van der Waals surface area (Å²) in [6.45, 7) is 7.39. The summed E-state index contributed by atoms with van der Waals surface area (Å²) >= 11 is 0. The lowest BCUT2D eigenvalue weighted by molar-refractivity contribution is -0.131. The van der Waals surface area contributed by atoms with E-state index < -0.39 is 0 Å². The SMILES string of the molecule is CCCn1nc(C(=O)N(C)CC(=O)N(CC)CC)ccc1=O. The molecule has 0 aliphatic heterocycles. The van der Waals surface area contributed by atoms with Gasteiger partial charge >= 0.3 is 0 Å². The van der Waals surface area contributed by atoms with E-state index in [1.165, 1.54) is 21.7 Å². The van der Waals surface area contributed by atoms with Gasteiger partial charge in [0.2, 0.25) is 5.91 Å². The molecule has 1 rings (SSSR count). The smallest absolute Gasteiger partial charge is 0.274 e. The molecule has 0 bridgehead atoms. The number of carbonyl (C=O) groups is 2. The van der Waals surface area contributed by atoms with Crippen LogP contribution in [0.5, 0.6) is 0 Å². The van der Waals surface area contributed by atoms with Crippen molar-refractivity contribution in [2.75, 3.05) is 26.7 Å². The molecule has 0 radical (unpaired) electrons. The largest absolute Gasteiger partial charge is 0.342 e. The highest BCUT2D eigenvalue weighted by Gasteiger charge is 2.19. The summed E-state index contributed by atoms with van der Waals surface area (Å²) in [5.74, 6) is -0.479. The first kappa shape index (κ1) is 17.9. The second kappa shape index (κ2) is 8.31. The summed E-state index contributed by atoms with van der Waals surface area (Å²) in [7, 11) is 1.56. The molecule has 0 spiro atoms. The predicted molar refractivity (Wildman–Crippen MR) is 83.7 cm³/mol. The number of likely N-dealkylation sites (N-methyl/N-ethyl adjacent to an activating group) is 2. The van der Waals surface area contributed by atoms with Crippen molar-refractivity contribution in [1.29, 1.82) is 0 Å². The van der Waals surface area contributed by atoms with E-state index in [0.717, 1.165) is 6.42 Å². The number of nitrogens with zero attached hydrogens (tertiary/aromatic N) is 4. The molecule has 7 heteroatoms. The van der Waals surface area contributed by atoms with E-state index in [9.17, 15) is 14.4 Å². The van der Waals surface area contributed by atoms with Crippen LogP contribution in [0.25, 0.3) is 0 Å². The summed E-state index contributed by atoms with van der Waals surface area (Å²) in [5.41, 5.74) is -0.0665. The quantitative estimate of drug-likeness (QED) is 0.739. The van der Waals surface area contributed by atoms with Gasteiger partial charge in [-0.25, -0.2) is 4.68 Å². The molecule has 0 atom stereocenters. The standard InChI is InChI=1S/C15H24N4O3/c1-5-10-19-13(20)9-8-12(16-19)15(22)17(4)11-14(21)18(6-2)7-3/h8-9H,5-7,10-11H2,1-4H3. The molecular weight excluding hydrogens is 284 g/mol. The average molecular weight is 308 g/mol. The lowest BCUT2D eigenvalue weighted by Gasteiger charge is -2.23. The van der Waals surface area contributed by atoms with E-state index in [1.807, 2.05) is 20.8 Å². The van der Waals surface area contributed by atoms with Crippen molar-refractivity contribution in [3.05, 3.63) is 28.2 Å². The van der Waals surface area contributed by atoms with Gasteiger partial charge in [-0.2, -0.15) is 5.10 Å². The van der Waals surface area contributed by atoms with Crippen LogP contribution in [-0.2, 0) is 11.3 Å². The minimum absolute atomic E-state index is 0.00486. The first-order valence-electron chi connectivity index (χ1n) is 7.55. The highest BCUT2D eigenvalue weighted by molar-refractivity contribution is 5.94. The molecule has 0 saturated carbocycles. The normalized spacial score (nSPS) is 10.4. The number of amides is 2. The maximum Gasteiger partial charge on any atom is 0.274 e. The predicted octanol–water partition coefficient (Wildman–Crippen LogP) is 0.594. The molecule has 122 valence electrons. The first-order chi connectivity index (χ1) is 10.4. The molecule has 22 heavy (non-hydrogen) atoms. The Bertz CT molecular complexity index is 578. The zero-order chi connectivity index (χ0) is 16.7. The van der Waals surface area contributed by atoms with E-state index in [-0.39, 0.29) is 29.6 Å². The van der Waals surface area contributed by atoms with Crippen LogP contribution in [0, 0.1) is 0 Å². The number of carbonyl (C=O) groups excluding carboxylic acids is 2. The fraction of sp³-hybridized carbons (Fsp3) is 0.600. The van der Waals surface area contributed by atoms with Gasteiger partial charge in [-0.15, -0.1) is 0 Å². The third kappa shape index (κ3) is 4.41. The molecule has 0 aromatic carbocycles. The van der Waals surface area contributed by atoms with Gasteiger partial charge < -0.3 is 9.80 Å². The Kier molecular flexibility index (Phi) is 6.75. The van der Waals surface area contributed by atoms with Crippen LogP contribution < -0.4 is 5.56 Å². The Morgan fingerprint density at radius 1 is 1.18 bits per heavy atom. The second-order valence-electron chi connectivity index (χ2n) is 5.01. The Hall–Kier alpha value is -2.18. The van der Waals surface area contributed by atoms with Crippen LogP contribution in [0.15, 0.2) is 16.9 Å². The second-order valence-corrected chi connectivity index (χ2v) is 5.01. The van der Waals surface area contributed by atoms with Gasteiger partial charge in [0.15, 0.2) is 0 Å². The molecule has 1 aromatic rings. The van der Waals surface area contributed by atoms with Gasteiger partial charge in [0.1, 0.15) is 5.69 Å². The topological polar surface area (TPSA) is 75.5 Å². The first-order valence-corrected chi connectivity index (χ1v) is 7.55. The number of hydrogen-bond acceptors (Lipinski definition) is 4. The van der Waals surface area contributed by atoms with E-state index in [2.05, 4.69) is 5.10 Å². The summed E-state index contributed by atoms with van der Waals surface area (Å²) in [5, 5.41) is 4.06. The van der Waals surface area contributed by atoms with Crippen molar-refractivity contribution >= 4 is 11.8 Å². The van der Waals surface area contributed by atoms with Crippen LogP contribution >= 0.6 is 0 Å². The molecule has 2 amide bonds. The van der Waals surface area contributed by atoms with Crippen molar-refractivity contribution in [2.45, 2.75) is 33.7 Å². The molecule has 0 unspecified atom stereocenters. The summed E-state index contributed by atoms with van der Waals surface area (Å²) in [6.07, 6.45) is 0.751. The fourth-order valence-corrected chi connectivity index (χ4v) is 2.08. The van der Waals surface area contributed by atoms with Gasteiger partial charge in [-0.3, -0.25) is 14.4 Å². The molecule has 0 aliphatic carbocycles. The van der Waals surface area contributed by atoms with E-state index in [1.54, 1.807) is 11.9 Å². The monoisotopic (exact) mass is 308 g/mol. The fourth-order valence-electron chi connectivity index (χ4n) is 2.08. The molecule has 7 nitrogen and oxygen atoms in total. The van der Waals surface area contributed by atoms with Crippen LogP contribution in [-0.4, -0.2) is 58.1 Å². The lowest BCUT2D eigenvalue weighted by atomic mass is 10.3.